The summed E-state index contributed by atoms with van der Waals surface area (Å²) in [6.45, 7) is 4.17. The summed E-state index contributed by atoms with van der Waals surface area (Å²) in [7, 11) is 0. The number of rotatable bonds is 38. The number of nitrogens with one attached hydrogen (secondary N) is 1. The molecule has 48 heavy (non-hydrogen) atoms. The summed E-state index contributed by atoms with van der Waals surface area (Å²) < 4.78 is 0. The zero-order valence-corrected chi connectivity index (χ0v) is 32.1. The Morgan fingerprint density at radius 3 is 1.21 bits per heavy atom. The lowest BCUT2D eigenvalue weighted by Crippen LogP contribution is -2.48. The SMILES string of the molecule is CCCCCCCCCCCC/C=C/C(O)C(CO)NC(=O)C(O)CCCCCCCC/C=C\CCCCCCCCCCCCCC. The number of aliphatic hydroxyl groups excluding tert-OH is 3. The number of aliphatic hydroxyl groups is 3. The Hall–Kier alpha value is -1.17. The quantitative estimate of drug-likeness (QED) is 0.0387. The fourth-order valence-electron chi connectivity index (χ4n) is 6.41. The minimum absolute atomic E-state index is 0.364. The van der Waals surface area contributed by atoms with Crippen molar-refractivity contribution in [3.05, 3.63) is 24.3 Å². The summed E-state index contributed by atoms with van der Waals surface area (Å²) in [4.78, 5) is 12.4. The third kappa shape index (κ3) is 33.3. The molecule has 0 aromatic carbocycles. The van der Waals surface area contributed by atoms with Crippen LogP contribution in [-0.4, -0.2) is 46.1 Å². The normalized spacial score (nSPS) is 13.9. The van der Waals surface area contributed by atoms with E-state index >= 15 is 0 Å². The first-order chi connectivity index (χ1) is 23.6. The molecule has 0 aromatic rings. The standard InChI is InChI=1S/C43H83NO4/c1-3-5-7-9-11-13-15-17-18-19-20-21-22-23-24-25-26-28-30-32-34-36-38-42(47)43(48)44-40(39-45)41(46)37-35-33-31-29-27-16-14-12-10-8-6-4-2/h23-24,35,37,40-42,45-47H,3-22,25-34,36,38-39H2,1-2H3,(H,44,48)/b24-23-,37-35+. The first-order valence-electron chi connectivity index (χ1n) is 21.2. The third-order valence-electron chi connectivity index (χ3n) is 9.79. The minimum atomic E-state index is -1.10. The first kappa shape index (κ1) is 46.8. The van der Waals surface area contributed by atoms with Crippen LogP contribution in [-0.2, 0) is 4.79 Å². The van der Waals surface area contributed by atoms with Gasteiger partial charge in [-0.05, 0) is 44.9 Å². The molecule has 3 unspecified atom stereocenters. The molecule has 0 radical (unpaired) electrons. The largest absolute Gasteiger partial charge is 0.394 e. The lowest BCUT2D eigenvalue weighted by Gasteiger charge is -2.21. The van der Waals surface area contributed by atoms with Crippen LogP contribution in [0.4, 0.5) is 0 Å². The zero-order valence-electron chi connectivity index (χ0n) is 32.1. The molecule has 5 nitrogen and oxygen atoms in total. The van der Waals surface area contributed by atoms with Gasteiger partial charge in [0.05, 0.1) is 18.8 Å². The highest BCUT2D eigenvalue weighted by Crippen LogP contribution is 2.15. The highest BCUT2D eigenvalue weighted by molar-refractivity contribution is 5.80. The van der Waals surface area contributed by atoms with Gasteiger partial charge in [-0.15, -0.1) is 0 Å². The van der Waals surface area contributed by atoms with Crippen molar-refractivity contribution in [3.63, 3.8) is 0 Å². The molecule has 5 heteroatoms. The maximum Gasteiger partial charge on any atom is 0.249 e. The average molecular weight is 678 g/mol. The van der Waals surface area contributed by atoms with Crippen LogP contribution < -0.4 is 5.32 Å². The summed E-state index contributed by atoms with van der Waals surface area (Å²) in [6, 6.07) is -0.797. The van der Waals surface area contributed by atoms with E-state index < -0.39 is 24.2 Å². The summed E-state index contributed by atoms with van der Waals surface area (Å²) >= 11 is 0. The number of unbranched alkanes of at least 4 members (excludes halogenated alkanes) is 28. The Morgan fingerprint density at radius 2 is 0.833 bits per heavy atom. The van der Waals surface area contributed by atoms with Crippen LogP contribution in [0.3, 0.4) is 0 Å². The van der Waals surface area contributed by atoms with Crippen LogP contribution in [0.15, 0.2) is 24.3 Å². The number of amides is 1. The summed E-state index contributed by atoms with van der Waals surface area (Å²) in [5.41, 5.74) is 0. The predicted molar refractivity (Wildman–Crippen MR) is 208 cm³/mol. The van der Waals surface area contributed by atoms with E-state index in [4.69, 9.17) is 0 Å². The van der Waals surface area contributed by atoms with Crippen molar-refractivity contribution in [2.75, 3.05) is 6.61 Å². The molecular formula is C43H83NO4. The molecule has 0 heterocycles. The van der Waals surface area contributed by atoms with Gasteiger partial charge < -0.3 is 20.6 Å². The van der Waals surface area contributed by atoms with Gasteiger partial charge in [-0.3, -0.25) is 4.79 Å². The lowest BCUT2D eigenvalue weighted by atomic mass is 10.0. The Bertz CT molecular complexity index is 709. The van der Waals surface area contributed by atoms with Gasteiger partial charge in [0.25, 0.3) is 0 Å². The van der Waals surface area contributed by atoms with Crippen molar-refractivity contribution in [1.82, 2.24) is 5.32 Å². The van der Waals surface area contributed by atoms with E-state index in [1.165, 1.54) is 167 Å². The topological polar surface area (TPSA) is 89.8 Å². The van der Waals surface area contributed by atoms with Gasteiger partial charge in [0.1, 0.15) is 6.10 Å². The minimum Gasteiger partial charge on any atom is -0.394 e. The molecule has 0 fully saturated rings. The Labute approximate surface area is 299 Å². The second-order valence-electron chi connectivity index (χ2n) is 14.6. The van der Waals surface area contributed by atoms with Gasteiger partial charge >= 0.3 is 0 Å². The molecule has 0 saturated carbocycles. The molecule has 0 bridgehead atoms. The smallest absolute Gasteiger partial charge is 0.249 e. The van der Waals surface area contributed by atoms with Gasteiger partial charge in [0.2, 0.25) is 5.91 Å². The van der Waals surface area contributed by atoms with Crippen LogP contribution in [0, 0.1) is 0 Å². The molecule has 284 valence electrons. The van der Waals surface area contributed by atoms with E-state index in [2.05, 4.69) is 31.3 Å². The Kier molecular flexibility index (Phi) is 37.7. The van der Waals surface area contributed by atoms with Gasteiger partial charge in [-0.1, -0.05) is 199 Å². The molecule has 0 rings (SSSR count). The van der Waals surface area contributed by atoms with Crippen LogP contribution >= 0.6 is 0 Å². The van der Waals surface area contributed by atoms with E-state index in [-0.39, 0.29) is 6.61 Å². The molecule has 0 aliphatic rings. The molecule has 0 saturated heterocycles. The van der Waals surface area contributed by atoms with E-state index in [0.29, 0.717) is 6.42 Å². The monoisotopic (exact) mass is 678 g/mol. The number of allylic oxidation sites excluding steroid dienone is 3. The molecular weight excluding hydrogens is 594 g/mol. The highest BCUT2D eigenvalue weighted by Gasteiger charge is 2.22. The van der Waals surface area contributed by atoms with Crippen molar-refractivity contribution in [3.8, 4) is 0 Å². The van der Waals surface area contributed by atoms with E-state index in [0.717, 1.165) is 32.1 Å². The van der Waals surface area contributed by atoms with E-state index in [1.807, 2.05) is 6.08 Å². The lowest BCUT2D eigenvalue weighted by molar-refractivity contribution is -0.131. The first-order valence-corrected chi connectivity index (χ1v) is 21.2. The van der Waals surface area contributed by atoms with Gasteiger partial charge in [-0.2, -0.15) is 0 Å². The Morgan fingerprint density at radius 1 is 0.500 bits per heavy atom. The van der Waals surface area contributed by atoms with Crippen molar-refractivity contribution in [2.24, 2.45) is 0 Å². The highest BCUT2D eigenvalue weighted by atomic mass is 16.3. The molecule has 0 aromatic heterocycles. The fraction of sp³-hybridized carbons (Fsp3) is 0.884. The summed E-state index contributed by atoms with van der Waals surface area (Å²) in [5, 5.41) is 33.0. The van der Waals surface area contributed by atoms with Crippen LogP contribution in [0.2, 0.25) is 0 Å². The predicted octanol–water partition coefficient (Wildman–Crippen LogP) is 11.8. The number of hydrogen-bond donors (Lipinski definition) is 4. The molecule has 1 amide bonds. The summed E-state index contributed by atoms with van der Waals surface area (Å²) in [6.07, 6.45) is 46.3. The number of carbonyl (C=O) groups excluding carboxylic acids is 1. The molecule has 3 atom stereocenters. The van der Waals surface area contributed by atoms with Gasteiger partial charge in [-0.25, -0.2) is 0 Å². The van der Waals surface area contributed by atoms with Crippen LogP contribution in [0.5, 0.6) is 0 Å². The van der Waals surface area contributed by atoms with E-state index in [1.54, 1.807) is 6.08 Å². The maximum absolute atomic E-state index is 12.4. The number of hydrogen-bond acceptors (Lipinski definition) is 4. The average Bonchev–Trinajstić information content (AvgIpc) is 3.09. The number of carbonyl (C=O) groups is 1. The van der Waals surface area contributed by atoms with Crippen LogP contribution in [0.25, 0.3) is 0 Å². The van der Waals surface area contributed by atoms with E-state index in [9.17, 15) is 20.1 Å². The fourth-order valence-corrected chi connectivity index (χ4v) is 6.41. The van der Waals surface area contributed by atoms with Gasteiger partial charge in [0, 0.05) is 0 Å². The summed E-state index contributed by atoms with van der Waals surface area (Å²) in [5.74, 6) is -0.508. The third-order valence-corrected chi connectivity index (χ3v) is 9.79. The second kappa shape index (κ2) is 38.6. The molecule has 0 aliphatic carbocycles. The van der Waals surface area contributed by atoms with Crippen LogP contribution in [0.1, 0.15) is 219 Å². The molecule has 0 spiro atoms. The molecule has 4 N–H and O–H groups in total. The molecule has 0 aliphatic heterocycles. The van der Waals surface area contributed by atoms with Crippen molar-refractivity contribution in [1.29, 1.82) is 0 Å². The van der Waals surface area contributed by atoms with Crippen molar-refractivity contribution >= 4 is 5.91 Å². The second-order valence-corrected chi connectivity index (χ2v) is 14.6. The Balaban J connectivity index is 3.65. The van der Waals surface area contributed by atoms with Crippen molar-refractivity contribution in [2.45, 2.75) is 238 Å². The van der Waals surface area contributed by atoms with Gasteiger partial charge in [0.15, 0.2) is 0 Å². The van der Waals surface area contributed by atoms with Crippen molar-refractivity contribution < 1.29 is 20.1 Å². The zero-order chi connectivity index (χ0) is 35.2. The maximum atomic E-state index is 12.4.